The van der Waals surface area contributed by atoms with Gasteiger partial charge in [0.05, 0.1) is 12.5 Å². The summed E-state index contributed by atoms with van der Waals surface area (Å²) in [5, 5.41) is 26.0. The maximum Gasteiger partial charge on any atom is 0.326 e. The molecule has 0 saturated heterocycles. The molecule has 1 aromatic rings. The fraction of sp³-hybridized carbons (Fsp3) is 0.500. The summed E-state index contributed by atoms with van der Waals surface area (Å²) in [5.74, 6) is -5.20. The number of nitrogens with two attached hydrogens (primary N) is 4. The van der Waals surface area contributed by atoms with Crippen molar-refractivity contribution in [2.75, 3.05) is 6.54 Å². The molecule has 4 unspecified atom stereocenters. The van der Waals surface area contributed by atoms with E-state index in [1.165, 1.54) is 12.1 Å². The molecule has 0 heterocycles. The highest BCUT2D eigenvalue weighted by Gasteiger charge is 2.31. The number of hydrogen-bond acceptors (Lipinski definition) is 8. The van der Waals surface area contributed by atoms with Crippen molar-refractivity contribution in [2.45, 2.75) is 63.7 Å². The highest BCUT2D eigenvalue weighted by Crippen LogP contribution is 2.11. The fourth-order valence-electron chi connectivity index (χ4n) is 3.48. The predicted molar refractivity (Wildman–Crippen MR) is 142 cm³/mol. The maximum absolute atomic E-state index is 13.1. The van der Waals surface area contributed by atoms with Crippen molar-refractivity contribution in [1.29, 1.82) is 0 Å². The highest BCUT2D eigenvalue weighted by molar-refractivity contribution is 5.96. The Bertz CT molecular complexity index is 1040. The van der Waals surface area contributed by atoms with Crippen molar-refractivity contribution >= 4 is 35.6 Å². The van der Waals surface area contributed by atoms with Crippen LogP contribution >= 0.6 is 0 Å². The van der Waals surface area contributed by atoms with Crippen molar-refractivity contribution in [1.82, 2.24) is 16.0 Å². The third kappa shape index (κ3) is 12.1. The molecule has 0 saturated carbocycles. The zero-order valence-electron chi connectivity index (χ0n) is 21.9. The molecule has 15 heteroatoms. The van der Waals surface area contributed by atoms with Crippen molar-refractivity contribution < 1.29 is 34.2 Å². The summed E-state index contributed by atoms with van der Waals surface area (Å²) in [5.41, 5.74) is 22.5. The van der Waals surface area contributed by atoms with Gasteiger partial charge in [-0.25, -0.2) is 4.79 Å². The molecule has 0 aliphatic carbocycles. The van der Waals surface area contributed by atoms with E-state index in [0.717, 1.165) is 0 Å². The van der Waals surface area contributed by atoms with Crippen LogP contribution < -0.4 is 38.9 Å². The summed E-state index contributed by atoms with van der Waals surface area (Å²) in [6.07, 6.45) is -0.273. The average molecular weight is 551 g/mol. The second-order valence-electron chi connectivity index (χ2n) is 9.29. The monoisotopic (exact) mass is 550 g/mol. The quantitative estimate of drug-likeness (QED) is 0.0587. The summed E-state index contributed by atoms with van der Waals surface area (Å²) in [6, 6.07) is 0.949. The van der Waals surface area contributed by atoms with Crippen LogP contribution in [0.15, 0.2) is 29.3 Å². The lowest BCUT2D eigenvalue weighted by atomic mass is 10.0. The van der Waals surface area contributed by atoms with Gasteiger partial charge in [0.1, 0.15) is 23.9 Å². The van der Waals surface area contributed by atoms with Gasteiger partial charge in [0.25, 0.3) is 0 Å². The molecule has 13 N–H and O–H groups in total. The lowest BCUT2D eigenvalue weighted by molar-refractivity contribution is -0.143. The molecule has 0 spiro atoms. The number of guanidine groups is 1. The molecule has 0 aromatic heterocycles. The van der Waals surface area contributed by atoms with Gasteiger partial charge in [0.15, 0.2) is 5.96 Å². The minimum absolute atomic E-state index is 0.0103. The van der Waals surface area contributed by atoms with Gasteiger partial charge in [-0.2, -0.15) is 0 Å². The van der Waals surface area contributed by atoms with Gasteiger partial charge in [-0.1, -0.05) is 26.0 Å². The van der Waals surface area contributed by atoms with Crippen molar-refractivity contribution in [2.24, 2.45) is 33.8 Å². The zero-order valence-corrected chi connectivity index (χ0v) is 21.9. The molecule has 15 nitrogen and oxygen atoms in total. The first kappa shape index (κ1) is 32.6. The second kappa shape index (κ2) is 15.8. The molecule has 0 fully saturated rings. The predicted octanol–water partition coefficient (Wildman–Crippen LogP) is -2.61. The van der Waals surface area contributed by atoms with E-state index in [4.69, 9.17) is 22.9 Å². The molecular weight excluding hydrogens is 512 g/mol. The number of nitrogens with zero attached hydrogens (tertiary/aromatic N) is 1. The van der Waals surface area contributed by atoms with Crippen molar-refractivity contribution in [3.63, 3.8) is 0 Å². The number of rotatable bonds is 16. The third-order valence-corrected chi connectivity index (χ3v) is 5.58. The van der Waals surface area contributed by atoms with Gasteiger partial charge in [0.2, 0.25) is 23.6 Å². The van der Waals surface area contributed by atoms with E-state index in [2.05, 4.69) is 20.9 Å². The summed E-state index contributed by atoms with van der Waals surface area (Å²) in [4.78, 5) is 65.7. The number of carbonyl (C=O) groups excluding carboxylic acids is 4. The first-order valence-electron chi connectivity index (χ1n) is 12.2. The topological polar surface area (TPSA) is 278 Å². The highest BCUT2D eigenvalue weighted by atomic mass is 16.4. The molecule has 216 valence electrons. The zero-order chi connectivity index (χ0) is 29.7. The maximum atomic E-state index is 13.1. The van der Waals surface area contributed by atoms with E-state index in [-0.39, 0.29) is 37.5 Å². The van der Waals surface area contributed by atoms with Crippen molar-refractivity contribution in [3.05, 3.63) is 29.8 Å². The number of phenols is 1. The molecule has 1 rings (SSSR count). The van der Waals surface area contributed by atoms with Crippen LogP contribution in [0.1, 0.15) is 38.7 Å². The Hall–Kier alpha value is -4.40. The Kier molecular flexibility index (Phi) is 13.2. The minimum Gasteiger partial charge on any atom is -0.508 e. The summed E-state index contributed by atoms with van der Waals surface area (Å²) >= 11 is 0. The normalized spacial score (nSPS) is 13.8. The van der Waals surface area contributed by atoms with Crippen LogP contribution in [-0.2, 0) is 30.4 Å². The number of phenolic OH excluding ortho intramolecular Hbond substituents is 1. The molecule has 1 aromatic carbocycles. The standard InChI is InChI=1S/C24H38N8O7/c1-12(2)19(23(38)39)32-21(36)16(4-3-9-29-24(27)28)30-22(37)17(11-18(26)34)31-20(35)15(25)10-13-5-7-14(33)8-6-13/h5-8,12,15-17,19,33H,3-4,9-11,25H2,1-2H3,(H2,26,34)(H,30,37)(H,31,35)(H,32,36)(H,38,39)(H4,27,28,29). The number of amides is 4. The number of hydrogen-bond donors (Lipinski definition) is 9. The van der Waals surface area contributed by atoms with Crippen molar-refractivity contribution in [3.8, 4) is 5.75 Å². The number of carboxylic acid groups (broad SMARTS) is 1. The summed E-state index contributed by atoms with van der Waals surface area (Å²) in [6.45, 7) is 3.33. The number of carboxylic acids is 1. The first-order valence-corrected chi connectivity index (χ1v) is 12.2. The van der Waals surface area contributed by atoms with E-state index in [1.807, 2.05) is 0 Å². The van der Waals surface area contributed by atoms with Crippen LogP contribution in [-0.4, -0.2) is 76.5 Å². The van der Waals surface area contributed by atoms with Crippen LogP contribution in [0.25, 0.3) is 0 Å². The molecule has 0 aliphatic heterocycles. The Balaban J connectivity index is 3.03. The van der Waals surface area contributed by atoms with Gasteiger partial charge in [-0.15, -0.1) is 0 Å². The van der Waals surface area contributed by atoms with E-state index < -0.39 is 66.1 Å². The molecule has 39 heavy (non-hydrogen) atoms. The Morgan fingerprint density at radius 3 is 1.97 bits per heavy atom. The summed E-state index contributed by atoms with van der Waals surface area (Å²) < 4.78 is 0. The van der Waals surface area contributed by atoms with Crippen LogP contribution in [0.4, 0.5) is 0 Å². The lowest BCUT2D eigenvalue weighted by Crippen LogP contribution is -2.58. The average Bonchev–Trinajstić information content (AvgIpc) is 2.84. The second-order valence-corrected chi connectivity index (χ2v) is 9.29. The largest absolute Gasteiger partial charge is 0.508 e. The number of nitrogens with one attached hydrogen (secondary N) is 3. The number of carbonyl (C=O) groups is 5. The third-order valence-electron chi connectivity index (χ3n) is 5.58. The SMILES string of the molecule is CC(C)C(NC(=O)C(CCCN=C(N)N)NC(=O)C(CC(N)=O)NC(=O)C(N)Cc1ccc(O)cc1)C(=O)O. The molecule has 0 radical (unpaired) electrons. The van der Waals surface area contributed by atoms with Gasteiger partial charge < -0.3 is 49.1 Å². The molecule has 4 amide bonds. The summed E-state index contributed by atoms with van der Waals surface area (Å²) in [7, 11) is 0. The van der Waals surface area contributed by atoms with Gasteiger partial charge in [0, 0.05) is 6.54 Å². The Morgan fingerprint density at radius 2 is 1.46 bits per heavy atom. The molecular formula is C24H38N8O7. The number of aliphatic imine (C=N–C) groups is 1. The molecule has 4 atom stereocenters. The van der Waals surface area contributed by atoms with Gasteiger partial charge in [-0.3, -0.25) is 24.2 Å². The first-order chi connectivity index (χ1) is 18.2. The lowest BCUT2D eigenvalue weighted by Gasteiger charge is -2.25. The van der Waals surface area contributed by atoms with Gasteiger partial charge in [-0.05, 0) is 42.9 Å². The van der Waals surface area contributed by atoms with Crippen LogP contribution in [0.2, 0.25) is 0 Å². The van der Waals surface area contributed by atoms with E-state index >= 15 is 0 Å². The van der Waals surface area contributed by atoms with Crippen LogP contribution in [0.5, 0.6) is 5.75 Å². The smallest absolute Gasteiger partial charge is 0.326 e. The Morgan fingerprint density at radius 1 is 0.897 bits per heavy atom. The number of aliphatic carboxylic acids is 1. The van der Waals surface area contributed by atoms with Crippen LogP contribution in [0.3, 0.4) is 0 Å². The molecule has 0 aliphatic rings. The fourth-order valence-corrected chi connectivity index (χ4v) is 3.48. The van der Waals surface area contributed by atoms with Gasteiger partial charge >= 0.3 is 5.97 Å². The van der Waals surface area contributed by atoms with Crippen LogP contribution in [0, 0.1) is 5.92 Å². The number of benzene rings is 1. The van der Waals surface area contributed by atoms with E-state index in [9.17, 15) is 34.2 Å². The number of aromatic hydroxyl groups is 1. The minimum atomic E-state index is -1.46. The van der Waals surface area contributed by atoms with E-state index in [1.54, 1.807) is 26.0 Å². The Labute approximate surface area is 225 Å². The number of primary amides is 1. The van der Waals surface area contributed by atoms with E-state index in [0.29, 0.717) is 5.56 Å². The molecule has 0 bridgehead atoms.